The lowest BCUT2D eigenvalue weighted by molar-refractivity contribution is -0.383. The first-order chi connectivity index (χ1) is 12.1. The zero-order valence-corrected chi connectivity index (χ0v) is 16.1. The van der Waals surface area contributed by atoms with E-state index in [2.05, 4.69) is 24.1 Å². The van der Waals surface area contributed by atoms with Crippen molar-refractivity contribution in [3.63, 3.8) is 0 Å². The largest absolute Gasteiger partial charge is 0.444 e. The van der Waals surface area contributed by atoms with Gasteiger partial charge < -0.3 is 9.64 Å². The molecule has 1 saturated heterocycles. The third-order valence-electron chi connectivity index (χ3n) is 4.22. The Hall–Kier alpha value is -2.35. The fourth-order valence-corrected chi connectivity index (χ4v) is 2.97. The number of nitrogens with one attached hydrogen (secondary N) is 1. The van der Waals surface area contributed by atoms with Gasteiger partial charge in [0.15, 0.2) is 0 Å². The lowest BCUT2D eigenvalue weighted by Crippen LogP contribution is -2.49. The molecule has 1 aliphatic heterocycles. The fourth-order valence-electron chi connectivity index (χ4n) is 2.97. The highest BCUT2D eigenvalue weighted by molar-refractivity contribution is 5.91. The molecule has 1 N–H and O–H groups in total. The van der Waals surface area contributed by atoms with Crippen molar-refractivity contribution >= 4 is 23.2 Å². The maximum absolute atomic E-state index is 12.0. The van der Waals surface area contributed by atoms with Gasteiger partial charge in [-0.15, -0.1) is 0 Å². The smallest absolute Gasteiger partial charge is 0.412 e. The van der Waals surface area contributed by atoms with Gasteiger partial charge in [0.25, 0.3) is 0 Å². The van der Waals surface area contributed by atoms with Crippen molar-refractivity contribution in [3.05, 3.63) is 28.3 Å². The monoisotopic (exact) mass is 364 g/mol. The van der Waals surface area contributed by atoms with Crippen molar-refractivity contribution in [1.82, 2.24) is 4.90 Å². The normalized spacial score (nSPS) is 15.8. The second-order valence-electron chi connectivity index (χ2n) is 7.67. The Kier molecular flexibility index (Phi) is 6.07. The van der Waals surface area contributed by atoms with Crippen LogP contribution in [-0.4, -0.2) is 53.7 Å². The molecule has 0 radical (unpaired) electrons. The summed E-state index contributed by atoms with van der Waals surface area (Å²) in [6, 6.07) is 5.41. The van der Waals surface area contributed by atoms with Crippen LogP contribution in [-0.2, 0) is 4.74 Å². The Morgan fingerprint density at radius 2 is 1.85 bits per heavy atom. The summed E-state index contributed by atoms with van der Waals surface area (Å²) >= 11 is 0. The minimum absolute atomic E-state index is 0.101. The molecule has 26 heavy (non-hydrogen) atoms. The van der Waals surface area contributed by atoms with Crippen LogP contribution in [0.4, 0.5) is 21.9 Å². The third-order valence-corrected chi connectivity index (χ3v) is 4.22. The summed E-state index contributed by atoms with van der Waals surface area (Å²) in [4.78, 5) is 27.6. The number of nitro groups is 1. The van der Waals surface area contributed by atoms with Crippen molar-refractivity contribution < 1.29 is 14.5 Å². The van der Waals surface area contributed by atoms with E-state index in [1.807, 2.05) is 4.90 Å². The second kappa shape index (κ2) is 7.90. The summed E-state index contributed by atoms with van der Waals surface area (Å²) in [5.74, 6) is 0. The van der Waals surface area contributed by atoms with Crippen LogP contribution in [0.25, 0.3) is 0 Å². The average molecular weight is 364 g/mol. The number of amides is 1. The molecule has 0 spiro atoms. The highest BCUT2D eigenvalue weighted by Gasteiger charge is 2.28. The molecule has 8 heteroatoms. The standard InChI is InChI=1S/C18H28N4O4/c1-13(2)20-9-11-21(12-10-20)15-8-6-7-14(16(15)22(24)25)19-17(23)26-18(3,4)5/h6-8,13H,9-12H2,1-5H3,(H,19,23). The van der Waals surface area contributed by atoms with Crippen LogP contribution in [0.15, 0.2) is 18.2 Å². The highest BCUT2D eigenvalue weighted by Crippen LogP contribution is 2.36. The molecule has 144 valence electrons. The van der Waals surface area contributed by atoms with E-state index in [1.54, 1.807) is 32.9 Å². The summed E-state index contributed by atoms with van der Waals surface area (Å²) in [6.07, 6.45) is -0.706. The van der Waals surface area contributed by atoms with Crippen molar-refractivity contribution in [3.8, 4) is 0 Å². The van der Waals surface area contributed by atoms with E-state index in [9.17, 15) is 14.9 Å². The summed E-state index contributed by atoms with van der Waals surface area (Å²) in [5, 5.41) is 14.2. The quantitative estimate of drug-likeness (QED) is 0.650. The fraction of sp³-hybridized carbons (Fsp3) is 0.611. The van der Waals surface area contributed by atoms with E-state index in [4.69, 9.17) is 4.74 Å². The molecule has 1 amide bonds. The topological polar surface area (TPSA) is 88.0 Å². The summed E-state index contributed by atoms with van der Waals surface area (Å²) in [7, 11) is 0. The van der Waals surface area contributed by atoms with Crippen LogP contribution >= 0.6 is 0 Å². The van der Waals surface area contributed by atoms with Crippen molar-refractivity contribution in [2.75, 3.05) is 36.4 Å². The molecule has 0 saturated carbocycles. The molecule has 0 aromatic heterocycles. The lowest BCUT2D eigenvalue weighted by Gasteiger charge is -2.37. The molecular formula is C18H28N4O4. The molecule has 1 heterocycles. The van der Waals surface area contributed by atoms with Crippen LogP contribution in [0, 0.1) is 10.1 Å². The van der Waals surface area contributed by atoms with E-state index in [-0.39, 0.29) is 11.4 Å². The van der Waals surface area contributed by atoms with Gasteiger partial charge >= 0.3 is 11.8 Å². The van der Waals surface area contributed by atoms with Gasteiger partial charge in [-0.2, -0.15) is 0 Å². The number of nitrogens with zero attached hydrogens (tertiary/aromatic N) is 3. The summed E-state index contributed by atoms with van der Waals surface area (Å²) in [6.45, 7) is 12.6. The number of para-hydroxylation sites is 1. The Bertz CT molecular complexity index is 662. The molecular weight excluding hydrogens is 336 g/mol. The Balaban J connectivity index is 2.23. The van der Waals surface area contributed by atoms with E-state index < -0.39 is 16.6 Å². The molecule has 8 nitrogen and oxygen atoms in total. The van der Waals surface area contributed by atoms with Gasteiger partial charge in [-0.25, -0.2) is 4.79 Å². The number of benzene rings is 1. The number of hydrogen-bond acceptors (Lipinski definition) is 6. The number of nitro benzene ring substituents is 1. The first-order valence-corrected chi connectivity index (χ1v) is 8.85. The Morgan fingerprint density at radius 3 is 2.35 bits per heavy atom. The Labute approximate surface area is 154 Å². The minimum Gasteiger partial charge on any atom is -0.444 e. The van der Waals surface area contributed by atoms with Crippen LogP contribution in [0.2, 0.25) is 0 Å². The maximum Gasteiger partial charge on any atom is 0.412 e. The highest BCUT2D eigenvalue weighted by atomic mass is 16.6. The first-order valence-electron chi connectivity index (χ1n) is 8.85. The molecule has 1 aromatic carbocycles. The first kappa shape index (κ1) is 20.0. The molecule has 2 rings (SSSR count). The van der Waals surface area contributed by atoms with Crippen LogP contribution < -0.4 is 10.2 Å². The number of piperazine rings is 1. The third kappa shape index (κ3) is 5.08. The van der Waals surface area contributed by atoms with Crippen LogP contribution in [0.1, 0.15) is 34.6 Å². The van der Waals surface area contributed by atoms with Gasteiger partial charge in [0, 0.05) is 32.2 Å². The molecule has 1 fully saturated rings. The van der Waals surface area contributed by atoms with Crippen molar-refractivity contribution in [2.24, 2.45) is 0 Å². The number of ether oxygens (including phenoxy) is 1. The van der Waals surface area contributed by atoms with Gasteiger partial charge in [-0.3, -0.25) is 20.3 Å². The maximum atomic E-state index is 12.0. The van der Waals surface area contributed by atoms with Crippen molar-refractivity contribution in [2.45, 2.75) is 46.3 Å². The van der Waals surface area contributed by atoms with Gasteiger partial charge in [0.1, 0.15) is 17.0 Å². The molecule has 1 aromatic rings. The summed E-state index contributed by atoms with van der Waals surface area (Å²) < 4.78 is 5.21. The minimum atomic E-state index is -0.706. The molecule has 0 bridgehead atoms. The zero-order chi connectivity index (χ0) is 19.5. The number of hydrogen-bond donors (Lipinski definition) is 1. The van der Waals surface area contributed by atoms with Gasteiger partial charge in [0.05, 0.1) is 4.92 Å². The van der Waals surface area contributed by atoms with E-state index in [0.717, 1.165) is 13.1 Å². The van der Waals surface area contributed by atoms with Crippen molar-refractivity contribution in [1.29, 1.82) is 0 Å². The van der Waals surface area contributed by atoms with E-state index in [0.29, 0.717) is 24.8 Å². The van der Waals surface area contributed by atoms with Gasteiger partial charge in [-0.1, -0.05) is 6.07 Å². The lowest BCUT2D eigenvalue weighted by atomic mass is 10.1. The average Bonchev–Trinajstić information content (AvgIpc) is 2.52. The number of carbonyl (C=O) groups excluding carboxylic acids is 1. The second-order valence-corrected chi connectivity index (χ2v) is 7.67. The molecule has 0 unspecified atom stereocenters. The summed E-state index contributed by atoms with van der Waals surface area (Å²) in [5.41, 5.74) is -0.111. The predicted octanol–water partition coefficient (Wildman–Crippen LogP) is 3.47. The van der Waals surface area contributed by atoms with Gasteiger partial charge in [-0.05, 0) is 46.8 Å². The molecule has 1 aliphatic rings. The molecule has 0 aliphatic carbocycles. The molecule has 0 atom stereocenters. The number of rotatable bonds is 4. The zero-order valence-electron chi connectivity index (χ0n) is 16.1. The van der Waals surface area contributed by atoms with Crippen LogP contribution in [0.3, 0.4) is 0 Å². The van der Waals surface area contributed by atoms with Gasteiger partial charge in [0.2, 0.25) is 0 Å². The number of anilines is 2. The number of carbonyl (C=O) groups is 1. The predicted molar refractivity (Wildman–Crippen MR) is 102 cm³/mol. The van der Waals surface area contributed by atoms with E-state index >= 15 is 0 Å². The Morgan fingerprint density at radius 1 is 1.23 bits per heavy atom. The van der Waals surface area contributed by atoms with Crippen LogP contribution in [0.5, 0.6) is 0 Å². The van der Waals surface area contributed by atoms with E-state index in [1.165, 1.54) is 6.07 Å². The SMILES string of the molecule is CC(C)N1CCN(c2cccc(NC(=O)OC(C)(C)C)c2[N+](=O)[O-])CC1.